The van der Waals surface area contributed by atoms with Crippen LogP contribution in [-0.4, -0.2) is 19.9 Å². The maximum absolute atomic E-state index is 6.51. The van der Waals surface area contributed by atoms with Gasteiger partial charge in [0.25, 0.3) is 0 Å². The molecule has 0 radical (unpaired) electrons. The third kappa shape index (κ3) is 3.91. The van der Waals surface area contributed by atoms with Crippen LogP contribution in [0.25, 0.3) is 0 Å². The fraction of sp³-hybridized carbons (Fsp3) is 0.174. The van der Waals surface area contributed by atoms with E-state index in [0.29, 0.717) is 16.5 Å². The molecule has 0 N–H and O–H groups in total. The highest BCUT2D eigenvalue weighted by Crippen LogP contribution is 2.43. The van der Waals surface area contributed by atoms with E-state index in [1.54, 1.807) is 14.2 Å². The van der Waals surface area contributed by atoms with Gasteiger partial charge in [0.1, 0.15) is 11.5 Å². The van der Waals surface area contributed by atoms with Gasteiger partial charge in [0.2, 0.25) is 0 Å². The van der Waals surface area contributed by atoms with Crippen molar-refractivity contribution in [2.24, 2.45) is 5.10 Å². The predicted octanol–water partition coefficient (Wildman–Crippen LogP) is 6.37. The lowest BCUT2D eigenvalue weighted by Crippen LogP contribution is -2.19. The molecule has 1 aliphatic heterocycles. The first kappa shape index (κ1) is 19.6. The lowest BCUT2D eigenvalue weighted by Gasteiger charge is -2.26. The Labute approximate surface area is 180 Å². The van der Waals surface area contributed by atoms with E-state index < -0.39 is 0 Å². The Balaban J connectivity index is 1.80. The smallest absolute Gasteiger partial charge is 0.127 e. The summed E-state index contributed by atoms with van der Waals surface area (Å²) in [5.41, 5.74) is 3.85. The van der Waals surface area contributed by atoms with Crippen LogP contribution in [0.1, 0.15) is 23.6 Å². The van der Waals surface area contributed by atoms with Gasteiger partial charge in [-0.25, -0.2) is 0 Å². The third-order valence-corrected chi connectivity index (χ3v) is 5.56. The van der Waals surface area contributed by atoms with Crippen molar-refractivity contribution >= 4 is 34.6 Å². The Morgan fingerprint density at radius 2 is 1.69 bits per heavy atom. The molecular weight excluding hydrogens is 407 g/mol. The number of hydrogen-bond donors (Lipinski definition) is 0. The van der Waals surface area contributed by atoms with Gasteiger partial charge in [0, 0.05) is 23.1 Å². The second-order valence-electron chi connectivity index (χ2n) is 6.68. The molecular formula is C23H20Cl2N2O2. The summed E-state index contributed by atoms with van der Waals surface area (Å²) < 4.78 is 11.0. The average molecular weight is 427 g/mol. The molecule has 29 heavy (non-hydrogen) atoms. The number of halogens is 2. The fourth-order valence-electron chi connectivity index (χ4n) is 3.52. The summed E-state index contributed by atoms with van der Waals surface area (Å²) in [5, 5.41) is 8.24. The first-order valence-electron chi connectivity index (χ1n) is 9.20. The molecule has 1 atom stereocenters. The first-order chi connectivity index (χ1) is 14.1. The highest BCUT2D eigenvalue weighted by atomic mass is 35.5. The standard InChI is InChI=1S/C23H20Cl2N2O2/c1-28-17-11-12-18(23(13-17)29-2)22-14-20(15-7-9-16(24)10-8-15)26-27(22)21-6-4-3-5-19(21)25/h3-13,22H,14H2,1-2H3/t22-/m1/s1. The second kappa shape index (κ2) is 8.36. The van der Waals surface area contributed by atoms with E-state index in [2.05, 4.69) is 0 Å². The van der Waals surface area contributed by atoms with E-state index in [1.165, 1.54) is 0 Å². The van der Waals surface area contributed by atoms with Gasteiger partial charge in [0.05, 0.1) is 36.7 Å². The van der Waals surface area contributed by atoms with E-state index in [9.17, 15) is 0 Å². The molecule has 0 aromatic heterocycles. The minimum absolute atomic E-state index is 0.0681. The van der Waals surface area contributed by atoms with Crippen molar-refractivity contribution in [1.82, 2.24) is 0 Å². The van der Waals surface area contributed by atoms with Crippen molar-refractivity contribution in [1.29, 1.82) is 0 Å². The number of hydrogen-bond acceptors (Lipinski definition) is 4. The van der Waals surface area contributed by atoms with Crippen molar-refractivity contribution in [3.63, 3.8) is 0 Å². The van der Waals surface area contributed by atoms with Crippen molar-refractivity contribution in [2.45, 2.75) is 12.5 Å². The molecule has 0 unspecified atom stereocenters. The van der Waals surface area contributed by atoms with Crippen LogP contribution in [-0.2, 0) is 0 Å². The van der Waals surface area contributed by atoms with Crippen LogP contribution in [0.3, 0.4) is 0 Å². The van der Waals surface area contributed by atoms with E-state index in [1.807, 2.05) is 71.7 Å². The molecule has 0 amide bonds. The summed E-state index contributed by atoms with van der Waals surface area (Å²) in [7, 11) is 3.30. The molecule has 3 aromatic rings. The lowest BCUT2D eigenvalue weighted by atomic mass is 9.97. The van der Waals surface area contributed by atoms with Crippen LogP contribution in [0.5, 0.6) is 11.5 Å². The molecule has 0 fully saturated rings. The normalized spacial score (nSPS) is 15.9. The summed E-state index contributed by atoms with van der Waals surface area (Å²) in [6, 6.07) is 21.2. The molecule has 0 saturated heterocycles. The van der Waals surface area contributed by atoms with Gasteiger partial charge in [-0.15, -0.1) is 0 Å². The van der Waals surface area contributed by atoms with Gasteiger partial charge in [-0.1, -0.05) is 47.5 Å². The Morgan fingerprint density at radius 3 is 2.38 bits per heavy atom. The Morgan fingerprint density at radius 1 is 0.931 bits per heavy atom. The highest BCUT2D eigenvalue weighted by molar-refractivity contribution is 6.33. The zero-order chi connectivity index (χ0) is 20.4. The summed E-state index contributed by atoms with van der Waals surface area (Å²) >= 11 is 12.6. The van der Waals surface area contributed by atoms with Crippen LogP contribution in [0.4, 0.5) is 5.69 Å². The molecule has 1 heterocycles. The molecule has 6 heteroatoms. The molecule has 0 spiro atoms. The first-order valence-corrected chi connectivity index (χ1v) is 9.95. The monoisotopic (exact) mass is 426 g/mol. The van der Waals surface area contributed by atoms with Crippen molar-refractivity contribution in [2.75, 3.05) is 19.2 Å². The van der Waals surface area contributed by atoms with Gasteiger partial charge in [-0.05, 0) is 42.0 Å². The zero-order valence-corrected chi connectivity index (χ0v) is 17.6. The van der Waals surface area contributed by atoms with Gasteiger partial charge < -0.3 is 9.47 Å². The average Bonchev–Trinajstić information content (AvgIpc) is 3.19. The number of para-hydroxylation sites is 1. The quantitative estimate of drug-likeness (QED) is 0.475. The van der Waals surface area contributed by atoms with Crippen LogP contribution in [0, 0.1) is 0 Å². The van der Waals surface area contributed by atoms with E-state index in [0.717, 1.165) is 34.0 Å². The number of ether oxygens (including phenoxy) is 2. The summed E-state index contributed by atoms with van der Waals surface area (Å²) in [5.74, 6) is 1.49. The van der Waals surface area contributed by atoms with Crippen LogP contribution in [0.2, 0.25) is 10.0 Å². The molecule has 4 rings (SSSR count). The fourth-order valence-corrected chi connectivity index (χ4v) is 3.87. The van der Waals surface area contributed by atoms with Crippen molar-refractivity contribution in [3.05, 3.63) is 87.9 Å². The van der Waals surface area contributed by atoms with Gasteiger partial charge in [-0.2, -0.15) is 5.10 Å². The predicted molar refractivity (Wildman–Crippen MR) is 119 cm³/mol. The summed E-state index contributed by atoms with van der Waals surface area (Å²) in [6.45, 7) is 0. The van der Waals surface area contributed by atoms with Gasteiger partial charge in [-0.3, -0.25) is 5.01 Å². The highest BCUT2D eigenvalue weighted by Gasteiger charge is 2.33. The largest absolute Gasteiger partial charge is 0.497 e. The molecule has 4 nitrogen and oxygen atoms in total. The van der Waals surface area contributed by atoms with E-state index in [-0.39, 0.29) is 6.04 Å². The summed E-state index contributed by atoms with van der Waals surface area (Å²) in [4.78, 5) is 0. The van der Waals surface area contributed by atoms with Crippen molar-refractivity contribution in [3.8, 4) is 11.5 Å². The number of rotatable bonds is 5. The van der Waals surface area contributed by atoms with Gasteiger partial charge >= 0.3 is 0 Å². The third-order valence-electron chi connectivity index (χ3n) is 4.99. The minimum Gasteiger partial charge on any atom is -0.497 e. The minimum atomic E-state index is -0.0681. The number of benzene rings is 3. The van der Waals surface area contributed by atoms with Crippen LogP contribution >= 0.6 is 23.2 Å². The maximum Gasteiger partial charge on any atom is 0.127 e. The molecule has 3 aromatic carbocycles. The summed E-state index contributed by atoms with van der Waals surface area (Å²) in [6.07, 6.45) is 0.704. The van der Waals surface area contributed by atoms with Crippen LogP contribution < -0.4 is 14.5 Å². The van der Waals surface area contributed by atoms with Crippen molar-refractivity contribution < 1.29 is 9.47 Å². The molecule has 0 saturated carbocycles. The second-order valence-corrected chi connectivity index (χ2v) is 7.52. The zero-order valence-electron chi connectivity index (χ0n) is 16.1. The van der Waals surface area contributed by atoms with Crippen LogP contribution in [0.15, 0.2) is 71.8 Å². The molecule has 1 aliphatic rings. The SMILES string of the molecule is COc1ccc([C@H]2CC(c3ccc(Cl)cc3)=NN2c2ccccc2Cl)c(OC)c1. The Kier molecular flexibility index (Phi) is 5.65. The van der Waals surface area contributed by atoms with E-state index >= 15 is 0 Å². The Bertz CT molecular complexity index is 1050. The topological polar surface area (TPSA) is 34.1 Å². The number of methoxy groups -OCH3 is 2. The number of hydrazone groups is 1. The lowest BCUT2D eigenvalue weighted by molar-refractivity contribution is 0.388. The number of nitrogens with zero attached hydrogens (tertiary/aromatic N) is 2. The molecule has 0 aliphatic carbocycles. The van der Waals surface area contributed by atoms with E-state index in [4.69, 9.17) is 37.8 Å². The van der Waals surface area contributed by atoms with Gasteiger partial charge in [0.15, 0.2) is 0 Å². The molecule has 0 bridgehead atoms. The number of anilines is 1. The maximum atomic E-state index is 6.51. The molecule has 148 valence electrons. The Hall–Kier alpha value is -2.69.